The highest BCUT2D eigenvalue weighted by atomic mass is 127. The van der Waals surface area contributed by atoms with E-state index in [1.165, 1.54) is 0 Å². The Bertz CT molecular complexity index is 1510. The van der Waals surface area contributed by atoms with Crippen molar-refractivity contribution < 1.29 is 9.21 Å². The SMILES string of the molecule is O=C(NC(=S)Nc1ccc(I)cc1-c1nc2ccccc2s1)c1ccc(-c2cccc(Cl)c2)o1. The fourth-order valence-electron chi connectivity index (χ4n) is 3.36. The van der Waals surface area contributed by atoms with Crippen LogP contribution >= 0.6 is 57.7 Å². The Labute approximate surface area is 223 Å². The zero-order valence-corrected chi connectivity index (χ0v) is 21.9. The number of aromatic nitrogens is 1. The van der Waals surface area contributed by atoms with E-state index in [2.05, 4.69) is 33.2 Å². The van der Waals surface area contributed by atoms with Crippen LogP contribution in [-0.2, 0) is 0 Å². The molecule has 1 amide bonds. The molecule has 0 bridgehead atoms. The number of fused-ring (bicyclic) bond motifs is 1. The predicted molar refractivity (Wildman–Crippen MR) is 151 cm³/mol. The molecule has 0 saturated carbocycles. The van der Waals surface area contributed by atoms with Gasteiger partial charge in [-0.2, -0.15) is 0 Å². The molecule has 0 aliphatic heterocycles. The zero-order valence-electron chi connectivity index (χ0n) is 17.3. The maximum Gasteiger partial charge on any atom is 0.293 e. The maximum absolute atomic E-state index is 12.7. The first-order chi connectivity index (χ1) is 16.5. The number of amides is 1. The number of rotatable bonds is 4. The van der Waals surface area contributed by atoms with Crippen molar-refractivity contribution in [3.63, 3.8) is 0 Å². The molecular weight excluding hydrogens is 601 g/mol. The number of carbonyl (C=O) groups excluding carboxylic acids is 1. The lowest BCUT2D eigenvalue weighted by Crippen LogP contribution is -2.34. The fraction of sp³-hybridized carbons (Fsp3) is 0. The summed E-state index contributed by atoms with van der Waals surface area (Å²) in [5.41, 5.74) is 3.39. The van der Waals surface area contributed by atoms with E-state index >= 15 is 0 Å². The molecule has 0 aliphatic carbocycles. The van der Waals surface area contributed by atoms with Gasteiger partial charge < -0.3 is 9.73 Å². The van der Waals surface area contributed by atoms with Crippen molar-refractivity contribution in [1.82, 2.24) is 10.3 Å². The fourth-order valence-corrected chi connectivity index (χ4v) is 5.25. The molecule has 5 aromatic rings. The second-order valence-corrected chi connectivity index (χ2v) is 10.4. The van der Waals surface area contributed by atoms with Crippen LogP contribution in [0.15, 0.2) is 83.3 Å². The number of anilines is 1. The van der Waals surface area contributed by atoms with E-state index in [-0.39, 0.29) is 10.9 Å². The quantitative estimate of drug-likeness (QED) is 0.161. The number of halogens is 2. The number of nitrogens with zero attached hydrogens (tertiary/aromatic N) is 1. The second kappa shape index (κ2) is 9.83. The number of furan rings is 1. The summed E-state index contributed by atoms with van der Waals surface area (Å²) in [4.78, 5) is 17.5. The van der Waals surface area contributed by atoms with Crippen LogP contribution in [0.25, 0.3) is 32.1 Å². The molecule has 168 valence electrons. The summed E-state index contributed by atoms with van der Waals surface area (Å²) >= 11 is 15.3. The smallest absolute Gasteiger partial charge is 0.293 e. The molecule has 2 heterocycles. The van der Waals surface area contributed by atoms with E-state index in [4.69, 9.17) is 33.2 Å². The lowest BCUT2D eigenvalue weighted by atomic mass is 10.2. The van der Waals surface area contributed by atoms with Gasteiger partial charge >= 0.3 is 0 Å². The molecule has 9 heteroatoms. The van der Waals surface area contributed by atoms with Gasteiger partial charge in [-0.3, -0.25) is 10.1 Å². The molecule has 0 spiro atoms. The van der Waals surface area contributed by atoms with Crippen LogP contribution in [0.1, 0.15) is 10.6 Å². The number of thiazole rings is 1. The highest BCUT2D eigenvalue weighted by Gasteiger charge is 2.16. The van der Waals surface area contributed by atoms with Crippen molar-refractivity contribution in [2.45, 2.75) is 0 Å². The molecule has 0 unspecified atom stereocenters. The van der Waals surface area contributed by atoms with Crippen LogP contribution in [0.3, 0.4) is 0 Å². The molecule has 0 fully saturated rings. The van der Waals surface area contributed by atoms with Crippen molar-refractivity contribution in [2.75, 3.05) is 5.32 Å². The Balaban J connectivity index is 1.34. The van der Waals surface area contributed by atoms with Crippen LogP contribution in [-0.4, -0.2) is 16.0 Å². The van der Waals surface area contributed by atoms with E-state index < -0.39 is 5.91 Å². The van der Waals surface area contributed by atoms with Gasteiger partial charge in [0.15, 0.2) is 10.9 Å². The van der Waals surface area contributed by atoms with Gasteiger partial charge in [0.25, 0.3) is 5.91 Å². The van der Waals surface area contributed by atoms with Gasteiger partial charge in [-0.05, 0) is 89.4 Å². The molecule has 5 nitrogen and oxygen atoms in total. The van der Waals surface area contributed by atoms with Crippen molar-refractivity contribution in [3.8, 4) is 21.9 Å². The van der Waals surface area contributed by atoms with E-state index in [1.807, 2.05) is 54.6 Å². The van der Waals surface area contributed by atoms with Gasteiger partial charge in [-0.1, -0.05) is 35.9 Å². The maximum atomic E-state index is 12.7. The minimum Gasteiger partial charge on any atom is -0.451 e. The molecule has 2 aromatic heterocycles. The van der Waals surface area contributed by atoms with Crippen molar-refractivity contribution in [3.05, 3.63) is 93.2 Å². The van der Waals surface area contributed by atoms with Crippen LogP contribution < -0.4 is 10.6 Å². The summed E-state index contributed by atoms with van der Waals surface area (Å²) in [5, 5.41) is 7.43. The largest absolute Gasteiger partial charge is 0.451 e. The standard InChI is InChI=1S/C25H15ClIN3O2S2/c26-15-5-3-4-14(12-15)20-10-11-21(32-20)23(31)30-25(33)29-18-9-8-16(27)13-17(18)24-28-19-6-1-2-7-22(19)34-24/h1-13H,(H2,29,30,31,33). The average Bonchev–Trinajstić information content (AvgIpc) is 3.48. The van der Waals surface area contributed by atoms with Crippen LogP contribution in [0.2, 0.25) is 5.02 Å². The van der Waals surface area contributed by atoms with Crippen LogP contribution in [0.4, 0.5) is 5.69 Å². The first-order valence-corrected chi connectivity index (χ1v) is 12.8. The van der Waals surface area contributed by atoms with E-state index in [1.54, 1.807) is 35.6 Å². The first kappa shape index (κ1) is 23.0. The molecule has 0 radical (unpaired) electrons. The monoisotopic (exact) mass is 615 g/mol. The Morgan fingerprint density at radius 3 is 2.71 bits per heavy atom. The number of hydrogen-bond donors (Lipinski definition) is 2. The predicted octanol–water partition coefficient (Wildman–Crippen LogP) is 7.61. The average molecular weight is 616 g/mol. The number of hydrogen-bond acceptors (Lipinski definition) is 5. The van der Waals surface area contributed by atoms with Gasteiger partial charge in [0.2, 0.25) is 0 Å². The zero-order chi connectivity index (χ0) is 23.7. The minimum absolute atomic E-state index is 0.146. The molecule has 0 aliphatic rings. The second-order valence-electron chi connectivity index (χ2n) is 7.26. The Morgan fingerprint density at radius 1 is 1.03 bits per heavy atom. The molecule has 2 N–H and O–H groups in total. The highest BCUT2D eigenvalue weighted by molar-refractivity contribution is 14.1. The third-order valence-corrected chi connectivity index (χ3v) is 7.10. The summed E-state index contributed by atoms with van der Waals surface area (Å²) in [5.74, 6) is 0.244. The summed E-state index contributed by atoms with van der Waals surface area (Å²) in [6.07, 6.45) is 0. The molecule has 0 saturated heterocycles. The normalized spacial score (nSPS) is 10.9. The third-order valence-electron chi connectivity index (χ3n) is 4.92. The summed E-state index contributed by atoms with van der Waals surface area (Å²) < 4.78 is 7.88. The Hall–Kier alpha value is -2.79. The third kappa shape index (κ3) is 5.00. The van der Waals surface area contributed by atoms with Gasteiger partial charge in [0, 0.05) is 19.7 Å². The molecule has 0 atom stereocenters. The van der Waals surface area contributed by atoms with E-state index in [0.29, 0.717) is 10.8 Å². The Morgan fingerprint density at radius 2 is 1.88 bits per heavy atom. The number of thiocarbonyl (C=S) groups is 1. The highest BCUT2D eigenvalue weighted by Crippen LogP contribution is 2.35. The Kier molecular flexibility index (Phi) is 6.64. The summed E-state index contributed by atoms with van der Waals surface area (Å²) in [6.45, 7) is 0. The van der Waals surface area contributed by atoms with Crippen LogP contribution in [0, 0.1) is 3.57 Å². The lowest BCUT2D eigenvalue weighted by Gasteiger charge is -2.12. The number of para-hydroxylation sites is 1. The van der Waals surface area contributed by atoms with E-state index in [9.17, 15) is 4.79 Å². The van der Waals surface area contributed by atoms with Crippen molar-refractivity contribution >= 4 is 84.7 Å². The van der Waals surface area contributed by atoms with Crippen LogP contribution in [0.5, 0.6) is 0 Å². The van der Waals surface area contributed by atoms with Gasteiger partial charge in [0.1, 0.15) is 10.8 Å². The lowest BCUT2D eigenvalue weighted by molar-refractivity contribution is 0.0951. The minimum atomic E-state index is -0.446. The van der Waals surface area contributed by atoms with Gasteiger partial charge in [-0.15, -0.1) is 11.3 Å². The molecule has 3 aromatic carbocycles. The van der Waals surface area contributed by atoms with Gasteiger partial charge in [0.05, 0.1) is 15.9 Å². The number of carbonyl (C=O) groups is 1. The molecule has 34 heavy (non-hydrogen) atoms. The number of nitrogens with one attached hydrogen (secondary N) is 2. The summed E-state index contributed by atoms with van der Waals surface area (Å²) in [6, 6.07) is 24.5. The van der Waals surface area contributed by atoms with Gasteiger partial charge in [-0.25, -0.2) is 4.98 Å². The molecular formula is C25H15ClIN3O2S2. The van der Waals surface area contributed by atoms with E-state index in [0.717, 1.165) is 35.6 Å². The van der Waals surface area contributed by atoms with Crippen molar-refractivity contribution in [2.24, 2.45) is 0 Å². The topological polar surface area (TPSA) is 67.2 Å². The first-order valence-electron chi connectivity index (χ1n) is 10.1. The summed E-state index contributed by atoms with van der Waals surface area (Å²) in [7, 11) is 0. The molecule has 5 rings (SSSR count). The van der Waals surface area contributed by atoms with Crippen molar-refractivity contribution in [1.29, 1.82) is 0 Å². The number of benzene rings is 3.